The van der Waals surface area contributed by atoms with Gasteiger partial charge in [0.05, 0.1) is 22.1 Å². The van der Waals surface area contributed by atoms with E-state index in [0.717, 1.165) is 18.9 Å². The lowest BCUT2D eigenvalue weighted by molar-refractivity contribution is -0.383. The van der Waals surface area contributed by atoms with E-state index in [1.54, 1.807) is 12.1 Å². The second-order valence-electron chi connectivity index (χ2n) is 5.09. The van der Waals surface area contributed by atoms with Gasteiger partial charge in [0, 0.05) is 11.7 Å². The molecular formula is C13H12FN3O2. The monoisotopic (exact) mass is 261 g/mol. The predicted octanol–water partition coefficient (Wildman–Crippen LogP) is 3.25. The van der Waals surface area contributed by atoms with Crippen LogP contribution in [0.15, 0.2) is 24.4 Å². The number of nitrogens with zero attached hydrogens (tertiary/aromatic N) is 2. The van der Waals surface area contributed by atoms with Crippen molar-refractivity contribution in [3.63, 3.8) is 0 Å². The third kappa shape index (κ3) is 1.99. The summed E-state index contributed by atoms with van der Waals surface area (Å²) in [5.41, 5.74) is 0.178. The number of aromatic nitrogens is 1. The summed E-state index contributed by atoms with van der Waals surface area (Å²) in [6, 6.07) is 4.15. The Morgan fingerprint density at radius 2 is 2.26 bits per heavy atom. The van der Waals surface area contributed by atoms with E-state index in [-0.39, 0.29) is 16.9 Å². The SMILES string of the molecule is CC1(Nc2c(F)cc([N+](=O)[O-])c3cccnc23)CC1. The molecule has 0 unspecified atom stereocenters. The lowest BCUT2D eigenvalue weighted by Gasteiger charge is -2.15. The summed E-state index contributed by atoms with van der Waals surface area (Å²) in [6.45, 7) is 1.99. The van der Waals surface area contributed by atoms with Crippen LogP contribution in [0.4, 0.5) is 15.8 Å². The average Bonchev–Trinajstić information content (AvgIpc) is 3.10. The maximum atomic E-state index is 14.1. The van der Waals surface area contributed by atoms with Gasteiger partial charge in [0.1, 0.15) is 5.52 Å². The molecule has 1 N–H and O–H groups in total. The fraction of sp³-hybridized carbons (Fsp3) is 0.308. The summed E-state index contributed by atoms with van der Waals surface area (Å²) < 4.78 is 14.1. The van der Waals surface area contributed by atoms with Gasteiger partial charge in [0.25, 0.3) is 5.69 Å². The molecule has 1 aromatic heterocycles. The van der Waals surface area contributed by atoms with Gasteiger partial charge in [-0.15, -0.1) is 0 Å². The van der Waals surface area contributed by atoms with E-state index in [2.05, 4.69) is 10.3 Å². The number of rotatable bonds is 3. The number of nitro benzene ring substituents is 1. The van der Waals surface area contributed by atoms with E-state index in [9.17, 15) is 14.5 Å². The smallest absolute Gasteiger partial charge is 0.281 e. The molecule has 0 atom stereocenters. The van der Waals surface area contributed by atoms with Crippen LogP contribution in [0.5, 0.6) is 0 Å². The van der Waals surface area contributed by atoms with Crippen molar-refractivity contribution in [2.75, 3.05) is 5.32 Å². The molecule has 0 saturated heterocycles. The molecular weight excluding hydrogens is 249 g/mol. The first-order valence-corrected chi connectivity index (χ1v) is 6.00. The Balaban J connectivity index is 2.24. The Labute approximate surface area is 108 Å². The number of fused-ring (bicyclic) bond motifs is 1. The Morgan fingerprint density at radius 1 is 1.53 bits per heavy atom. The normalized spacial score (nSPS) is 16.3. The van der Waals surface area contributed by atoms with Crippen LogP contribution in [0.1, 0.15) is 19.8 Å². The molecule has 5 nitrogen and oxygen atoms in total. The molecule has 1 heterocycles. The van der Waals surface area contributed by atoms with Crippen LogP contribution in [0, 0.1) is 15.9 Å². The highest BCUT2D eigenvalue weighted by Gasteiger charge is 2.38. The summed E-state index contributed by atoms with van der Waals surface area (Å²) in [5.74, 6) is -0.633. The van der Waals surface area contributed by atoms with Crippen LogP contribution < -0.4 is 5.32 Å². The molecule has 98 valence electrons. The highest BCUT2D eigenvalue weighted by atomic mass is 19.1. The Morgan fingerprint density at radius 3 is 2.89 bits per heavy atom. The zero-order valence-corrected chi connectivity index (χ0v) is 10.3. The standard InChI is InChI=1S/C13H12FN3O2/c1-13(4-5-13)16-12-9(14)7-10(17(18)19)8-3-2-6-15-11(8)12/h2-3,6-7,16H,4-5H2,1H3. The zero-order valence-electron chi connectivity index (χ0n) is 10.3. The molecule has 0 radical (unpaired) electrons. The molecule has 2 aromatic rings. The van der Waals surface area contributed by atoms with Crippen LogP contribution in [0.25, 0.3) is 10.9 Å². The zero-order chi connectivity index (χ0) is 13.6. The van der Waals surface area contributed by atoms with Crippen LogP contribution in [0.2, 0.25) is 0 Å². The minimum absolute atomic E-state index is 0.124. The van der Waals surface area contributed by atoms with Crippen LogP contribution >= 0.6 is 0 Å². The van der Waals surface area contributed by atoms with Crippen LogP contribution in [-0.2, 0) is 0 Å². The Bertz CT molecular complexity index is 683. The number of hydrogen-bond donors (Lipinski definition) is 1. The van der Waals surface area contributed by atoms with Crippen LogP contribution in [0.3, 0.4) is 0 Å². The Hall–Kier alpha value is -2.24. The third-order valence-electron chi connectivity index (χ3n) is 3.45. The molecule has 0 bridgehead atoms. The number of benzene rings is 1. The molecule has 0 amide bonds. The summed E-state index contributed by atoms with van der Waals surface area (Å²) in [7, 11) is 0. The molecule has 19 heavy (non-hydrogen) atoms. The molecule has 1 saturated carbocycles. The topological polar surface area (TPSA) is 68.1 Å². The number of hydrogen-bond acceptors (Lipinski definition) is 4. The minimum atomic E-state index is -0.633. The largest absolute Gasteiger partial charge is 0.376 e. The van der Waals surface area contributed by atoms with Gasteiger partial charge in [0.15, 0.2) is 5.82 Å². The fourth-order valence-corrected chi connectivity index (χ4v) is 2.08. The maximum Gasteiger partial charge on any atom is 0.281 e. The summed E-state index contributed by atoms with van der Waals surface area (Å²) in [5, 5.41) is 14.4. The number of nitrogens with one attached hydrogen (secondary N) is 1. The van der Waals surface area contributed by atoms with Gasteiger partial charge < -0.3 is 5.32 Å². The number of halogens is 1. The van der Waals surface area contributed by atoms with Gasteiger partial charge in [-0.25, -0.2) is 4.39 Å². The highest BCUT2D eigenvalue weighted by Crippen LogP contribution is 2.41. The highest BCUT2D eigenvalue weighted by molar-refractivity contribution is 5.97. The van der Waals surface area contributed by atoms with E-state index in [1.165, 1.54) is 6.20 Å². The average molecular weight is 261 g/mol. The van der Waals surface area contributed by atoms with Crippen molar-refractivity contribution >= 4 is 22.3 Å². The van der Waals surface area contributed by atoms with Crippen molar-refractivity contribution in [3.05, 3.63) is 40.3 Å². The van der Waals surface area contributed by atoms with Crippen molar-refractivity contribution in [3.8, 4) is 0 Å². The van der Waals surface area contributed by atoms with Gasteiger partial charge in [-0.2, -0.15) is 0 Å². The van der Waals surface area contributed by atoms with Crippen molar-refractivity contribution in [1.29, 1.82) is 0 Å². The molecule has 0 aliphatic heterocycles. The molecule has 1 fully saturated rings. The first kappa shape index (κ1) is 11.8. The molecule has 1 aliphatic rings. The van der Waals surface area contributed by atoms with E-state index < -0.39 is 10.7 Å². The van der Waals surface area contributed by atoms with Crippen LogP contribution in [-0.4, -0.2) is 15.4 Å². The van der Waals surface area contributed by atoms with Gasteiger partial charge in [-0.1, -0.05) is 0 Å². The summed E-state index contributed by atoms with van der Waals surface area (Å²) >= 11 is 0. The summed E-state index contributed by atoms with van der Waals surface area (Å²) in [4.78, 5) is 14.5. The van der Waals surface area contributed by atoms with Gasteiger partial charge in [-0.3, -0.25) is 15.1 Å². The molecule has 6 heteroatoms. The lowest BCUT2D eigenvalue weighted by atomic mass is 10.1. The number of pyridine rings is 1. The summed E-state index contributed by atoms with van der Waals surface area (Å²) in [6.07, 6.45) is 3.42. The van der Waals surface area contributed by atoms with E-state index >= 15 is 0 Å². The van der Waals surface area contributed by atoms with Gasteiger partial charge in [0.2, 0.25) is 0 Å². The van der Waals surface area contributed by atoms with Crippen molar-refractivity contribution in [1.82, 2.24) is 4.98 Å². The molecule has 3 rings (SSSR count). The molecule has 1 aliphatic carbocycles. The Kier molecular flexibility index (Phi) is 2.41. The lowest BCUT2D eigenvalue weighted by Crippen LogP contribution is -2.17. The minimum Gasteiger partial charge on any atom is -0.376 e. The van der Waals surface area contributed by atoms with E-state index in [0.29, 0.717) is 10.9 Å². The number of non-ortho nitro benzene ring substituents is 1. The van der Waals surface area contributed by atoms with E-state index in [1.807, 2.05) is 6.92 Å². The fourth-order valence-electron chi connectivity index (χ4n) is 2.08. The third-order valence-corrected chi connectivity index (χ3v) is 3.45. The van der Waals surface area contributed by atoms with E-state index in [4.69, 9.17) is 0 Å². The molecule has 0 spiro atoms. The predicted molar refractivity (Wildman–Crippen MR) is 69.6 cm³/mol. The first-order chi connectivity index (χ1) is 9.00. The van der Waals surface area contributed by atoms with Crippen molar-refractivity contribution in [2.45, 2.75) is 25.3 Å². The first-order valence-electron chi connectivity index (χ1n) is 6.00. The quantitative estimate of drug-likeness (QED) is 0.680. The second-order valence-corrected chi connectivity index (χ2v) is 5.09. The maximum absolute atomic E-state index is 14.1. The molecule has 1 aromatic carbocycles. The van der Waals surface area contributed by atoms with Gasteiger partial charge >= 0.3 is 0 Å². The van der Waals surface area contributed by atoms with Crippen molar-refractivity contribution < 1.29 is 9.31 Å². The number of nitro groups is 1. The van der Waals surface area contributed by atoms with Crippen molar-refractivity contribution in [2.24, 2.45) is 0 Å². The second kappa shape index (κ2) is 3.88. The van der Waals surface area contributed by atoms with Gasteiger partial charge in [-0.05, 0) is 31.9 Å². The number of anilines is 1.